The van der Waals surface area contributed by atoms with Crippen molar-refractivity contribution in [3.8, 4) is 11.3 Å². The number of piperidine rings is 1. The highest BCUT2D eigenvalue weighted by Crippen LogP contribution is 2.29. The van der Waals surface area contributed by atoms with Crippen LogP contribution in [0.1, 0.15) is 53.2 Å². The van der Waals surface area contributed by atoms with E-state index in [2.05, 4.69) is 58.0 Å². The van der Waals surface area contributed by atoms with Crippen molar-refractivity contribution in [2.24, 2.45) is 0 Å². The van der Waals surface area contributed by atoms with Crippen LogP contribution in [-0.4, -0.2) is 28.4 Å². The Balaban J connectivity index is 1.88. The number of likely N-dealkylation sites (tertiary alicyclic amines) is 1. The standard InChI is InChI=1S/C25H28N2O/c1-16-8-11-23-21(13-16)22(25(28)27-12-6-5-7-19(27)4)15-24(26-23)20-10-9-17(2)18(3)14-20/h8-11,13-15,19H,5-7,12H2,1-4H3/t19-/m0/s1. The Bertz CT molecular complexity index is 1050. The van der Waals surface area contributed by atoms with Crippen molar-refractivity contribution in [2.45, 2.75) is 53.0 Å². The molecule has 1 atom stereocenters. The third-order valence-electron chi connectivity index (χ3n) is 6.06. The normalized spacial score (nSPS) is 17.1. The minimum Gasteiger partial charge on any atom is -0.336 e. The quantitative estimate of drug-likeness (QED) is 0.566. The summed E-state index contributed by atoms with van der Waals surface area (Å²) in [6.45, 7) is 9.30. The van der Waals surface area contributed by atoms with Crippen LogP contribution in [0.15, 0.2) is 42.5 Å². The number of aromatic nitrogens is 1. The molecular weight excluding hydrogens is 344 g/mol. The molecule has 1 amide bonds. The van der Waals surface area contributed by atoms with Gasteiger partial charge in [-0.25, -0.2) is 4.98 Å². The molecule has 3 heteroatoms. The second-order valence-corrected chi connectivity index (χ2v) is 8.22. The molecule has 0 bridgehead atoms. The number of carbonyl (C=O) groups excluding carboxylic acids is 1. The predicted octanol–water partition coefficient (Wildman–Crippen LogP) is 5.84. The molecule has 1 saturated heterocycles. The number of aryl methyl sites for hydroxylation is 3. The van der Waals surface area contributed by atoms with Crippen molar-refractivity contribution in [2.75, 3.05) is 6.54 Å². The van der Waals surface area contributed by atoms with Gasteiger partial charge in [0.25, 0.3) is 5.91 Å². The van der Waals surface area contributed by atoms with Gasteiger partial charge in [-0.3, -0.25) is 4.79 Å². The monoisotopic (exact) mass is 372 g/mol. The van der Waals surface area contributed by atoms with Gasteiger partial charge < -0.3 is 4.90 Å². The summed E-state index contributed by atoms with van der Waals surface area (Å²) in [5.74, 6) is 0.135. The fraction of sp³-hybridized carbons (Fsp3) is 0.360. The maximum Gasteiger partial charge on any atom is 0.254 e. The minimum absolute atomic E-state index is 0.135. The summed E-state index contributed by atoms with van der Waals surface area (Å²) in [5.41, 5.74) is 7.23. The first kappa shape index (κ1) is 18.7. The summed E-state index contributed by atoms with van der Waals surface area (Å²) in [6, 6.07) is 14.9. The highest BCUT2D eigenvalue weighted by molar-refractivity contribution is 6.07. The molecule has 0 saturated carbocycles. The van der Waals surface area contributed by atoms with E-state index in [9.17, 15) is 4.79 Å². The molecule has 2 aromatic carbocycles. The van der Waals surface area contributed by atoms with E-state index in [4.69, 9.17) is 4.98 Å². The van der Waals surface area contributed by atoms with Gasteiger partial charge in [-0.15, -0.1) is 0 Å². The molecule has 1 aromatic heterocycles. The Hall–Kier alpha value is -2.68. The van der Waals surface area contributed by atoms with Crippen LogP contribution in [0.2, 0.25) is 0 Å². The zero-order valence-electron chi connectivity index (χ0n) is 17.2. The topological polar surface area (TPSA) is 33.2 Å². The van der Waals surface area contributed by atoms with E-state index in [1.165, 1.54) is 17.5 Å². The lowest BCUT2D eigenvalue weighted by molar-refractivity contribution is 0.0637. The number of pyridine rings is 1. The average Bonchev–Trinajstić information content (AvgIpc) is 2.69. The Morgan fingerprint density at radius 3 is 2.57 bits per heavy atom. The van der Waals surface area contributed by atoms with Gasteiger partial charge >= 0.3 is 0 Å². The number of hydrogen-bond acceptors (Lipinski definition) is 2. The number of nitrogens with zero attached hydrogens (tertiary/aromatic N) is 2. The largest absolute Gasteiger partial charge is 0.336 e. The Morgan fingerprint density at radius 1 is 1.00 bits per heavy atom. The maximum absolute atomic E-state index is 13.5. The molecule has 0 spiro atoms. The van der Waals surface area contributed by atoms with Gasteiger partial charge in [-0.1, -0.05) is 23.8 Å². The molecule has 0 unspecified atom stereocenters. The highest BCUT2D eigenvalue weighted by Gasteiger charge is 2.26. The van der Waals surface area contributed by atoms with E-state index >= 15 is 0 Å². The first-order chi connectivity index (χ1) is 13.4. The van der Waals surface area contributed by atoms with E-state index < -0.39 is 0 Å². The van der Waals surface area contributed by atoms with Crippen LogP contribution in [0, 0.1) is 20.8 Å². The Kier molecular flexibility index (Phi) is 4.92. The predicted molar refractivity (Wildman–Crippen MR) is 116 cm³/mol. The van der Waals surface area contributed by atoms with Crippen LogP contribution in [0.25, 0.3) is 22.2 Å². The lowest BCUT2D eigenvalue weighted by atomic mass is 9.97. The Labute approximate surface area is 167 Å². The summed E-state index contributed by atoms with van der Waals surface area (Å²) in [6.07, 6.45) is 3.37. The number of rotatable bonds is 2. The Morgan fingerprint density at radius 2 is 1.82 bits per heavy atom. The van der Waals surface area contributed by atoms with E-state index in [0.29, 0.717) is 6.04 Å². The average molecular weight is 373 g/mol. The second kappa shape index (κ2) is 7.38. The molecular formula is C25H28N2O. The lowest BCUT2D eigenvalue weighted by Gasteiger charge is -2.33. The molecule has 0 N–H and O–H groups in total. The number of carbonyl (C=O) groups is 1. The van der Waals surface area contributed by atoms with E-state index in [0.717, 1.165) is 52.7 Å². The minimum atomic E-state index is 0.135. The van der Waals surface area contributed by atoms with Gasteiger partial charge in [0.1, 0.15) is 0 Å². The van der Waals surface area contributed by atoms with Gasteiger partial charge in [-0.2, -0.15) is 0 Å². The van der Waals surface area contributed by atoms with Gasteiger partial charge in [0, 0.05) is 23.5 Å². The van der Waals surface area contributed by atoms with Crippen LogP contribution in [0.3, 0.4) is 0 Å². The molecule has 0 radical (unpaired) electrons. The van der Waals surface area contributed by atoms with Crippen molar-refractivity contribution in [1.82, 2.24) is 9.88 Å². The van der Waals surface area contributed by atoms with E-state index in [1.54, 1.807) is 0 Å². The molecule has 4 rings (SSSR count). The van der Waals surface area contributed by atoms with Crippen molar-refractivity contribution in [3.63, 3.8) is 0 Å². The summed E-state index contributed by atoms with van der Waals surface area (Å²) in [7, 11) is 0. The SMILES string of the molecule is Cc1ccc2nc(-c3ccc(C)c(C)c3)cc(C(=O)N3CCCC[C@@H]3C)c2c1. The zero-order chi connectivity index (χ0) is 19.8. The first-order valence-electron chi connectivity index (χ1n) is 10.2. The molecule has 28 heavy (non-hydrogen) atoms. The fourth-order valence-electron chi connectivity index (χ4n) is 4.12. The van der Waals surface area contributed by atoms with Crippen molar-refractivity contribution < 1.29 is 4.79 Å². The summed E-state index contributed by atoms with van der Waals surface area (Å²) >= 11 is 0. The van der Waals surface area contributed by atoms with Crippen LogP contribution in [-0.2, 0) is 0 Å². The van der Waals surface area contributed by atoms with Crippen molar-refractivity contribution in [3.05, 3.63) is 64.7 Å². The lowest BCUT2D eigenvalue weighted by Crippen LogP contribution is -2.42. The van der Waals surface area contributed by atoms with Crippen LogP contribution in [0.5, 0.6) is 0 Å². The van der Waals surface area contributed by atoms with Crippen molar-refractivity contribution in [1.29, 1.82) is 0 Å². The van der Waals surface area contributed by atoms with Crippen LogP contribution in [0.4, 0.5) is 0 Å². The molecule has 1 aliphatic heterocycles. The van der Waals surface area contributed by atoms with Crippen LogP contribution < -0.4 is 0 Å². The van der Waals surface area contributed by atoms with Gasteiger partial charge in [-0.05, 0) is 82.3 Å². The summed E-state index contributed by atoms with van der Waals surface area (Å²) in [4.78, 5) is 20.5. The summed E-state index contributed by atoms with van der Waals surface area (Å²) in [5, 5.41) is 0.954. The highest BCUT2D eigenvalue weighted by atomic mass is 16.2. The third kappa shape index (κ3) is 3.42. The number of fused-ring (bicyclic) bond motifs is 1. The van der Waals surface area contributed by atoms with Gasteiger partial charge in [0.05, 0.1) is 16.8 Å². The third-order valence-corrected chi connectivity index (χ3v) is 6.06. The summed E-state index contributed by atoms with van der Waals surface area (Å²) < 4.78 is 0. The first-order valence-corrected chi connectivity index (χ1v) is 10.2. The number of hydrogen-bond donors (Lipinski definition) is 0. The number of benzene rings is 2. The molecule has 144 valence electrons. The molecule has 2 heterocycles. The smallest absolute Gasteiger partial charge is 0.254 e. The molecule has 0 aliphatic carbocycles. The molecule has 1 fully saturated rings. The molecule has 3 aromatic rings. The molecule has 1 aliphatic rings. The fourth-order valence-corrected chi connectivity index (χ4v) is 4.12. The maximum atomic E-state index is 13.5. The zero-order valence-corrected chi connectivity index (χ0v) is 17.2. The van der Waals surface area contributed by atoms with E-state index in [1.807, 2.05) is 17.0 Å². The number of amides is 1. The van der Waals surface area contributed by atoms with Crippen LogP contribution >= 0.6 is 0 Å². The van der Waals surface area contributed by atoms with Gasteiger partial charge in [0.2, 0.25) is 0 Å². The van der Waals surface area contributed by atoms with Crippen molar-refractivity contribution >= 4 is 16.8 Å². The second-order valence-electron chi connectivity index (χ2n) is 8.22. The van der Waals surface area contributed by atoms with E-state index in [-0.39, 0.29) is 5.91 Å². The van der Waals surface area contributed by atoms with Gasteiger partial charge in [0.15, 0.2) is 0 Å². The molecule has 3 nitrogen and oxygen atoms in total.